The molecule has 0 saturated carbocycles. The van der Waals surface area contributed by atoms with Gasteiger partial charge >= 0.3 is 0 Å². The SMILES string of the molecule is O=C(NC[C@H]1CCCO1)[C@@H](c1ccco1)N(Cc1ccccc1Cl)C(=O)Cn1nnc2ccccc21. The quantitative estimate of drug-likeness (QED) is 0.370. The highest BCUT2D eigenvalue weighted by molar-refractivity contribution is 6.31. The minimum atomic E-state index is -1.01. The highest BCUT2D eigenvalue weighted by Crippen LogP contribution is 2.27. The van der Waals surface area contributed by atoms with E-state index < -0.39 is 6.04 Å². The number of aromatic nitrogens is 3. The Labute approximate surface area is 213 Å². The zero-order valence-electron chi connectivity index (χ0n) is 19.5. The van der Waals surface area contributed by atoms with Crippen LogP contribution in [0.15, 0.2) is 71.3 Å². The van der Waals surface area contributed by atoms with Crippen molar-refractivity contribution in [2.45, 2.75) is 38.1 Å². The Hall–Kier alpha value is -3.69. The third kappa shape index (κ3) is 5.27. The summed E-state index contributed by atoms with van der Waals surface area (Å²) in [5.41, 5.74) is 2.11. The Morgan fingerprint density at radius 2 is 1.97 bits per heavy atom. The zero-order chi connectivity index (χ0) is 24.9. The lowest BCUT2D eigenvalue weighted by Gasteiger charge is -2.30. The summed E-state index contributed by atoms with van der Waals surface area (Å²) in [6, 6.07) is 17.0. The number of amides is 2. The third-order valence-corrected chi connectivity index (χ3v) is 6.59. The van der Waals surface area contributed by atoms with Gasteiger partial charge in [-0.3, -0.25) is 9.59 Å². The van der Waals surface area contributed by atoms with Crippen molar-refractivity contribution in [3.63, 3.8) is 0 Å². The number of nitrogens with zero attached hydrogens (tertiary/aromatic N) is 4. The van der Waals surface area contributed by atoms with Crippen molar-refractivity contribution < 1.29 is 18.7 Å². The molecule has 2 amide bonds. The predicted octanol–water partition coefficient (Wildman–Crippen LogP) is 3.74. The second kappa shape index (κ2) is 10.9. The van der Waals surface area contributed by atoms with Crippen LogP contribution in [0.5, 0.6) is 0 Å². The number of furan rings is 1. The lowest BCUT2D eigenvalue weighted by molar-refractivity contribution is -0.143. The molecule has 0 spiro atoms. The average molecular weight is 508 g/mol. The molecular formula is C26H26ClN5O4. The second-order valence-electron chi connectivity index (χ2n) is 8.65. The third-order valence-electron chi connectivity index (χ3n) is 6.22. The first-order valence-electron chi connectivity index (χ1n) is 11.8. The molecule has 1 aliphatic heterocycles. The van der Waals surface area contributed by atoms with Crippen LogP contribution < -0.4 is 5.32 Å². The highest BCUT2D eigenvalue weighted by Gasteiger charge is 2.35. The number of para-hydroxylation sites is 1. The van der Waals surface area contributed by atoms with Gasteiger partial charge in [-0.2, -0.15) is 0 Å². The van der Waals surface area contributed by atoms with E-state index in [0.29, 0.717) is 35.0 Å². The summed E-state index contributed by atoms with van der Waals surface area (Å²) in [4.78, 5) is 28.8. The Bertz CT molecular complexity index is 1330. The maximum absolute atomic E-state index is 13.8. The predicted molar refractivity (Wildman–Crippen MR) is 133 cm³/mol. The van der Waals surface area contributed by atoms with E-state index in [2.05, 4.69) is 15.6 Å². The molecule has 186 valence electrons. The first-order valence-corrected chi connectivity index (χ1v) is 12.2. The van der Waals surface area contributed by atoms with Crippen molar-refractivity contribution in [3.05, 3.63) is 83.3 Å². The van der Waals surface area contributed by atoms with Crippen molar-refractivity contribution in [1.82, 2.24) is 25.2 Å². The average Bonchev–Trinajstić information content (AvgIpc) is 3.67. The minimum Gasteiger partial charge on any atom is -0.467 e. The van der Waals surface area contributed by atoms with Gasteiger partial charge in [0, 0.05) is 24.7 Å². The van der Waals surface area contributed by atoms with Crippen LogP contribution in [0.3, 0.4) is 0 Å². The Kier molecular flexibility index (Phi) is 7.29. The number of hydrogen-bond acceptors (Lipinski definition) is 6. The Balaban J connectivity index is 1.47. The number of rotatable bonds is 9. The van der Waals surface area contributed by atoms with Gasteiger partial charge in [-0.25, -0.2) is 4.68 Å². The summed E-state index contributed by atoms with van der Waals surface area (Å²) >= 11 is 6.44. The second-order valence-corrected chi connectivity index (χ2v) is 9.05. The van der Waals surface area contributed by atoms with Crippen LogP contribution in [0.25, 0.3) is 11.0 Å². The summed E-state index contributed by atoms with van der Waals surface area (Å²) in [6.45, 7) is 1.04. The highest BCUT2D eigenvalue weighted by atomic mass is 35.5. The fraction of sp³-hybridized carbons (Fsp3) is 0.308. The molecule has 5 rings (SSSR count). The molecule has 1 aliphatic rings. The lowest BCUT2D eigenvalue weighted by atomic mass is 10.1. The molecule has 0 aliphatic carbocycles. The maximum atomic E-state index is 13.8. The molecule has 10 heteroatoms. The summed E-state index contributed by atoms with van der Waals surface area (Å²) in [5, 5.41) is 11.7. The molecule has 36 heavy (non-hydrogen) atoms. The summed E-state index contributed by atoms with van der Waals surface area (Å²) in [5.74, 6) is -0.341. The fourth-order valence-corrected chi connectivity index (χ4v) is 4.57. The molecule has 0 radical (unpaired) electrons. The zero-order valence-corrected chi connectivity index (χ0v) is 20.3. The first kappa shape index (κ1) is 24.0. The molecular weight excluding hydrogens is 482 g/mol. The van der Waals surface area contributed by atoms with Gasteiger partial charge < -0.3 is 19.4 Å². The van der Waals surface area contributed by atoms with Crippen molar-refractivity contribution in [3.8, 4) is 0 Å². The minimum absolute atomic E-state index is 0.0413. The number of carbonyl (C=O) groups is 2. The monoisotopic (exact) mass is 507 g/mol. The van der Waals surface area contributed by atoms with Crippen molar-refractivity contribution >= 4 is 34.4 Å². The van der Waals surface area contributed by atoms with Gasteiger partial charge in [-0.05, 0) is 48.7 Å². The van der Waals surface area contributed by atoms with Gasteiger partial charge in [0.05, 0.1) is 17.9 Å². The molecule has 2 atom stereocenters. The van der Waals surface area contributed by atoms with Crippen LogP contribution in [0, 0.1) is 0 Å². The standard InChI is InChI=1S/C26H26ClN5O4/c27-20-9-2-1-7-18(20)16-31(24(33)17-32-22-11-4-3-10-21(22)29-30-32)25(23-12-6-14-36-23)26(34)28-15-19-8-5-13-35-19/h1-4,6-7,9-12,14,19,25H,5,8,13,15-17H2,(H,28,34)/t19-,25-/m1/s1. The van der Waals surface area contributed by atoms with Crippen LogP contribution in [0.1, 0.15) is 30.2 Å². The largest absolute Gasteiger partial charge is 0.467 e. The summed E-state index contributed by atoms with van der Waals surface area (Å²) in [7, 11) is 0. The molecule has 2 aromatic heterocycles. The van der Waals surface area contributed by atoms with Gasteiger partial charge in [0.15, 0.2) is 6.04 Å². The lowest BCUT2D eigenvalue weighted by Crippen LogP contribution is -2.46. The normalized spacial score (nSPS) is 16.2. The fourth-order valence-electron chi connectivity index (χ4n) is 4.37. The smallest absolute Gasteiger partial charge is 0.250 e. The molecule has 1 saturated heterocycles. The van der Waals surface area contributed by atoms with Crippen LogP contribution in [0.2, 0.25) is 5.02 Å². The van der Waals surface area contributed by atoms with Crippen molar-refractivity contribution in [1.29, 1.82) is 0 Å². The Morgan fingerprint density at radius 3 is 2.75 bits per heavy atom. The molecule has 1 N–H and O–H groups in total. The molecule has 4 aromatic rings. The number of ether oxygens (including phenoxy) is 1. The van der Waals surface area contributed by atoms with E-state index in [1.54, 1.807) is 18.2 Å². The van der Waals surface area contributed by atoms with Crippen molar-refractivity contribution in [2.75, 3.05) is 13.2 Å². The number of benzene rings is 2. The first-order chi connectivity index (χ1) is 17.6. The van der Waals surface area contributed by atoms with Gasteiger partial charge in [0.1, 0.15) is 17.8 Å². The Morgan fingerprint density at radius 1 is 1.14 bits per heavy atom. The topological polar surface area (TPSA) is 102 Å². The summed E-state index contributed by atoms with van der Waals surface area (Å²) in [6.07, 6.45) is 3.29. The number of nitrogens with one attached hydrogen (secondary N) is 1. The van der Waals surface area contributed by atoms with E-state index in [4.69, 9.17) is 20.8 Å². The van der Waals surface area contributed by atoms with Crippen LogP contribution in [-0.2, 0) is 27.4 Å². The van der Waals surface area contributed by atoms with E-state index in [1.807, 2.05) is 42.5 Å². The molecule has 0 unspecified atom stereocenters. The van der Waals surface area contributed by atoms with Gasteiger partial charge in [-0.15, -0.1) is 5.10 Å². The van der Waals surface area contributed by atoms with E-state index in [1.165, 1.54) is 15.8 Å². The van der Waals surface area contributed by atoms with E-state index in [0.717, 1.165) is 18.4 Å². The van der Waals surface area contributed by atoms with Crippen molar-refractivity contribution in [2.24, 2.45) is 0 Å². The van der Waals surface area contributed by atoms with Crippen LogP contribution in [-0.4, -0.2) is 51.0 Å². The number of carbonyl (C=O) groups excluding carboxylic acids is 2. The van der Waals surface area contributed by atoms with Gasteiger partial charge in [-0.1, -0.05) is 47.1 Å². The maximum Gasteiger partial charge on any atom is 0.250 e. The number of fused-ring (bicyclic) bond motifs is 1. The molecule has 2 aromatic carbocycles. The number of halogens is 1. The van der Waals surface area contributed by atoms with Crippen LogP contribution >= 0.6 is 11.6 Å². The van der Waals surface area contributed by atoms with E-state index in [-0.39, 0.29) is 31.0 Å². The number of hydrogen-bond donors (Lipinski definition) is 1. The summed E-state index contributed by atoms with van der Waals surface area (Å²) < 4.78 is 12.8. The van der Waals surface area contributed by atoms with Gasteiger partial charge in [0.2, 0.25) is 5.91 Å². The molecule has 0 bridgehead atoms. The molecule has 1 fully saturated rings. The van der Waals surface area contributed by atoms with E-state index in [9.17, 15) is 9.59 Å². The van der Waals surface area contributed by atoms with E-state index >= 15 is 0 Å². The van der Waals surface area contributed by atoms with Gasteiger partial charge in [0.25, 0.3) is 5.91 Å². The van der Waals surface area contributed by atoms with Crippen LogP contribution in [0.4, 0.5) is 0 Å². The molecule has 3 heterocycles. The molecule has 9 nitrogen and oxygen atoms in total.